The van der Waals surface area contributed by atoms with Gasteiger partial charge in [0, 0.05) is 36.5 Å². The SMILES string of the molecule is Cc1nc2nonc2c(N)c1Cc1ccc(C#N)c(N2CC(C)(O)C2)n1. The van der Waals surface area contributed by atoms with Crippen LogP contribution in [0.15, 0.2) is 16.8 Å². The number of fused-ring (bicyclic) bond motifs is 1. The molecule has 0 saturated carbocycles. The highest BCUT2D eigenvalue weighted by atomic mass is 16.6. The van der Waals surface area contributed by atoms with Gasteiger partial charge in [0.15, 0.2) is 5.52 Å². The van der Waals surface area contributed by atoms with Gasteiger partial charge in [-0.05, 0) is 36.3 Å². The monoisotopic (exact) mass is 351 g/mol. The van der Waals surface area contributed by atoms with Gasteiger partial charge in [-0.1, -0.05) is 0 Å². The lowest BCUT2D eigenvalue weighted by Crippen LogP contribution is -2.60. The van der Waals surface area contributed by atoms with E-state index >= 15 is 0 Å². The molecule has 0 aliphatic carbocycles. The average Bonchev–Trinajstić information content (AvgIpc) is 3.04. The molecule has 0 amide bonds. The molecule has 3 aromatic heterocycles. The fourth-order valence-corrected chi connectivity index (χ4v) is 3.24. The second kappa shape index (κ2) is 5.64. The number of nitrogens with zero attached hydrogens (tertiary/aromatic N) is 6. The first-order chi connectivity index (χ1) is 12.4. The first kappa shape index (κ1) is 16.2. The fraction of sp³-hybridized carbons (Fsp3) is 0.353. The zero-order chi connectivity index (χ0) is 18.5. The van der Waals surface area contributed by atoms with Crippen molar-refractivity contribution in [2.24, 2.45) is 0 Å². The number of pyridine rings is 2. The summed E-state index contributed by atoms with van der Waals surface area (Å²) in [5.41, 5.74) is 9.48. The number of nitrogens with two attached hydrogens (primary N) is 1. The zero-order valence-corrected chi connectivity index (χ0v) is 14.4. The Morgan fingerprint density at radius 1 is 1.35 bits per heavy atom. The molecule has 1 aliphatic heterocycles. The van der Waals surface area contributed by atoms with Crippen molar-refractivity contribution in [3.63, 3.8) is 0 Å². The molecule has 4 heterocycles. The number of β-amino-alcohol motifs (C(OH)–C–C–N with tert-alkyl or cyclic N) is 1. The molecule has 3 aromatic rings. The molecule has 0 radical (unpaired) electrons. The van der Waals surface area contributed by atoms with Crippen molar-refractivity contribution in [1.29, 1.82) is 5.26 Å². The third-order valence-corrected chi connectivity index (χ3v) is 4.54. The van der Waals surface area contributed by atoms with E-state index in [9.17, 15) is 10.4 Å². The van der Waals surface area contributed by atoms with E-state index in [1.54, 1.807) is 19.1 Å². The van der Waals surface area contributed by atoms with Gasteiger partial charge in [-0.15, -0.1) is 0 Å². The van der Waals surface area contributed by atoms with Gasteiger partial charge in [0.05, 0.1) is 16.9 Å². The van der Waals surface area contributed by atoms with E-state index in [1.165, 1.54) is 0 Å². The summed E-state index contributed by atoms with van der Waals surface area (Å²) in [5.74, 6) is 0.574. The van der Waals surface area contributed by atoms with E-state index < -0.39 is 5.60 Å². The number of rotatable bonds is 3. The fourth-order valence-electron chi connectivity index (χ4n) is 3.24. The number of hydrogen-bond acceptors (Lipinski definition) is 9. The molecule has 4 rings (SSSR count). The first-order valence-electron chi connectivity index (χ1n) is 8.12. The van der Waals surface area contributed by atoms with Crippen LogP contribution in [-0.4, -0.2) is 44.1 Å². The van der Waals surface area contributed by atoms with Crippen LogP contribution in [0.1, 0.15) is 29.4 Å². The summed E-state index contributed by atoms with van der Waals surface area (Å²) in [5, 5.41) is 26.8. The first-order valence-corrected chi connectivity index (χ1v) is 8.12. The average molecular weight is 351 g/mol. The lowest BCUT2D eigenvalue weighted by molar-refractivity contribution is 0.0305. The molecule has 1 saturated heterocycles. The topological polar surface area (TPSA) is 138 Å². The van der Waals surface area contributed by atoms with Gasteiger partial charge < -0.3 is 15.7 Å². The van der Waals surface area contributed by atoms with Crippen LogP contribution in [-0.2, 0) is 6.42 Å². The second-order valence-corrected chi connectivity index (χ2v) is 6.84. The van der Waals surface area contributed by atoms with Crippen LogP contribution in [0.4, 0.5) is 11.5 Å². The normalized spacial score (nSPS) is 15.7. The van der Waals surface area contributed by atoms with Gasteiger partial charge >= 0.3 is 0 Å². The van der Waals surface area contributed by atoms with E-state index in [1.807, 2.05) is 11.8 Å². The largest absolute Gasteiger partial charge is 0.396 e. The van der Waals surface area contributed by atoms with Crippen LogP contribution in [0.5, 0.6) is 0 Å². The Bertz CT molecular complexity index is 1040. The van der Waals surface area contributed by atoms with Gasteiger partial charge in [-0.2, -0.15) is 5.26 Å². The van der Waals surface area contributed by atoms with Crippen LogP contribution in [0.2, 0.25) is 0 Å². The predicted molar refractivity (Wildman–Crippen MR) is 93.3 cm³/mol. The van der Waals surface area contributed by atoms with Gasteiger partial charge in [-0.3, -0.25) is 0 Å². The summed E-state index contributed by atoms with van der Waals surface area (Å²) >= 11 is 0. The summed E-state index contributed by atoms with van der Waals surface area (Å²) in [6, 6.07) is 5.68. The second-order valence-electron chi connectivity index (χ2n) is 6.84. The minimum atomic E-state index is -0.750. The minimum Gasteiger partial charge on any atom is -0.396 e. The molecule has 1 fully saturated rings. The summed E-state index contributed by atoms with van der Waals surface area (Å²) in [7, 11) is 0. The van der Waals surface area contributed by atoms with Crippen molar-refractivity contribution < 1.29 is 9.74 Å². The summed E-state index contributed by atoms with van der Waals surface area (Å²) < 4.78 is 4.70. The number of hydrogen-bond donors (Lipinski definition) is 2. The molecule has 0 bridgehead atoms. The zero-order valence-electron chi connectivity index (χ0n) is 14.4. The predicted octanol–water partition coefficient (Wildman–Crippen LogP) is 0.937. The molecule has 0 atom stereocenters. The van der Waals surface area contributed by atoms with E-state index in [2.05, 4.69) is 26.4 Å². The molecular weight excluding hydrogens is 334 g/mol. The lowest BCUT2D eigenvalue weighted by atomic mass is 9.96. The van der Waals surface area contributed by atoms with Crippen molar-refractivity contribution in [3.8, 4) is 6.07 Å². The Labute approximate surface area is 149 Å². The van der Waals surface area contributed by atoms with Crippen molar-refractivity contribution in [2.45, 2.75) is 25.9 Å². The van der Waals surface area contributed by atoms with Gasteiger partial charge in [0.25, 0.3) is 0 Å². The molecule has 0 spiro atoms. The Hall–Kier alpha value is -3.25. The molecule has 0 unspecified atom stereocenters. The standard InChI is InChI=1S/C17H17N7O2/c1-9-12(13(19)14-15(20-9)23-26-22-14)5-11-4-3-10(6-18)16(21-11)24-7-17(2,25)8-24/h3-4,25H,5,7-8,19H2,1-2H3. The third kappa shape index (κ3) is 2.60. The Morgan fingerprint density at radius 3 is 2.81 bits per heavy atom. The van der Waals surface area contributed by atoms with Crippen molar-refractivity contribution >= 4 is 22.7 Å². The maximum absolute atomic E-state index is 9.97. The smallest absolute Gasteiger partial charge is 0.226 e. The molecular formula is C17H17N7O2. The van der Waals surface area contributed by atoms with E-state index in [0.717, 1.165) is 17.0 Å². The van der Waals surface area contributed by atoms with Crippen LogP contribution >= 0.6 is 0 Å². The summed E-state index contributed by atoms with van der Waals surface area (Å²) in [6.45, 7) is 4.49. The lowest BCUT2D eigenvalue weighted by Gasteiger charge is -2.45. The molecule has 0 aromatic carbocycles. The van der Waals surface area contributed by atoms with Crippen LogP contribution in [0.3, 0.4) is 0 Å². The van der Waals surface area contributed by atoms with E-state index in [-0.39, 0.29) is 0 Å². The van der Waals surface area contributed by atoms with Crippen molar-refractivity contribution in [2.75, 3.05) is 23.7 Å². The minimum absolute atomic E-state index is 0.375. The quantitative estimate of drug-likeness (QED) is 0.705. The van der Waals surface area contributed by atoms with Crippen LogP contribution < -0.4 is 10.6 Å². The molecule has 9 heteroatoms. The Balaban J connectivity index is 1.70. The highest BCUT2D eigenvalue weighted by Crippen LogP contribution is 2.30. The molecule has 26 heavy (non-hydrogen) atoms. The number of aromatic nitrogens is 4. The molecule has 9 nitrogen and oxygen atoms in total. The molecule has 1 aliphatic rings. The number of nitrogen functional groups attached to an aromatic ring is 1. The number of aliphatic hydroxyl groups is 1. The number of aryl methyl sites for hydroxylation is 1. The van der Waals surface area contributed by atoms with Crippen LogP contribution in [0.25, 0.3) is 11.2 Å². The maximum Gasteiger partial charge on any atom is 0.226 e. The third-order valence-electron chi connectivity index (χ3n) is 4.54. The maximum atomic E-state index is 9.97. The van der Waals surface area contributed by atoms with Gasteiger partial charge in [0.1, 0.15) is 11.9 Å². The highest BCUT2D eigenvalue weighted by Gasteiger charge is 2.38. The van der Waals surface area contributed by atoms with Gasteiger partial charge in [0.2, 0.25) is 5.65 Å². The van der Waals surface area contributed by atoms with Gasteiger partial charge in [-0.25, -0.2) is 14.6 Å². The summed E-state index contributed by atoms with van der Waals surface area (Å²) in [4.78, 5) is 10.9. The van der Waals surface area contributed by atoms with Crippen molar-refractivity contribution in [3.05, 3.63) is 34.6 Å². The molecule has 3 N–H and O–H groups in total. The van der Waals surface area contributed by atoms with E-state index in [0.29, 0.717) is 47.7 Å². The molecule has 132 valence electrons. The van der Waals surface area contributed by atoms with E-state index in [4.69, 9.17) is 10.4 Å². The van der Waals surface area contributed by atoms with Crippen molar-refractivity contribution in [1.82, 2.24) is 20.3 Å². The highest BCUT2D eigenvalue weighted by molar-refractivity contribution is 5.85. The number of anilines is 2. The summed E-state index contributed by atoms with van der Waals surface area (Å²) in [6.07, 6.45) is 0.441. The Kier molecular flexibility index (Phi) is 3.52. The van der Waals surface area contributed by atoms with Crippen LogP contribution in [0, 0.1) is 18.3 Å². The number of nitriles is 1. The Morgan fingerprint density at radius 2 is 2.12 bits per heavy atom.